The number of nitrogens with one attached hydrogen (secondary N) is 3. The number of fused-ring (bicyclic) bond motifs is 2. The van der Waals surface area contributed by atoms with Crippen LogP contribution in [0.15, 0.2) is 36.4 Å². The van der Waals surface area contributed by atoms with Crippen molar-refractivity contribution < 1.29 is 9.53 Å². The van der Waals surface area contributed by atoms with Crippen molar-refractivity contribution in [3.63, 3.8) is 0 Å². The Morgan fingerprint density at radius 2 is 2.07 bits per heavy atom. The van der Waals surface area contributed by atoms with Crippen LogP contribution in [0.4, 0.5) is 11.5 Å². The smallest absolute Gasteiger partial charge is 0.257 e. The van der Waals surface area contributed by atoms with Crippen LogP contribution in [0.3, 0.4) is 0 Å². The van der Waals surface area contributed by atoms with Crippen molar-refractivity contribution in [2.24, 2.45) is 0 Å². The van der Waals surface area contributed by atoms with Gasteiger partial charge in [-0.2, -0.15) is 5.26 Å². The van der Waals surface area contributed by atoms with E-state index in [1.165, 1.54) is 0 Å². The van der Waals surface area contributed by atoms with Gasteiger partial charge >= 0.3 is 0 Å². The van der Waals surface area contributed by atoms with Crippen LogP contribution in [-0.4, -0.2) is 31.1 Å². The topological polar surface area (TPSA) is 99.1 Å². The van der Waals surface area contributed by atoms with Crippen molar-refractivity contribution in [3.05, 3.63) is 58.1 Å². The molecule has 8 heteroatoms. The highest BCUT2D eigenvalue weighted by Gasteiger charge is 2.23. The van der Waals surface area contributed by atoms with E-state index in [4.69, 9.17) is 16.3 Å². The molecule has 29 heavy (non-hydrogen) atoms. The fraction of sp³-hybridized carbons (Fsp3) is 0.190. The van der Waals surface area contributed by atoms with Crippen molar-refractivity contribution in [1.82, 2.24) is 10.3 Å². The van der Waals surface area contributed by atoms with Crippen molar-refractivity contribution >= 4 is 39.9 Å². The van der Waals surface area contributed by atoms with Crippen molar-refractivity contribution in [1.29, 1.82) is 5.26 Å². The number of halogens is 1. The van der Waals surface area contributed by atoms with Gasteiger partial charge in [0.2, 0.25) is 0 Å². The van der Waals surface area contributed by atoms with Gasteiger partial charge in [0.15, 0.2) is 0 Å². The highest BCUT2D eigenvalue weighted by molar-refractivity contribution is 6.32. The van der Waals surface area contributed by atoms with E-state index in [1.807, 2.05) is 12.1 Å². The molecule has 0 aliphatic carbocycles. The maximum absolute atomic E-state index is 12.7. The molecule has 1 amide bonds. The monoisotopic (exact) mass is 407 g/mol. The number of ether oxygens (including phenoxy) is 1. The van der Waals surface area contributed by atoms with Gasteiger partial charge in [0, 0.05) is 25.0 Å². The number of pyridine rings is 1. The van der Waals surface area contributed by atoms with Gasteiger partial charge in [-0.25, -0.2) is 4.98 Å². The highest BCUT2D eigenvalue weighted by atomic mass is 35.5. The largest absolute Gasteiger partial charge is 0.495 e. The summed E-state index contributed by atoms with van der Waals surface area (Å²) in [4.78, 5) is 17.3. The van der Waals surface area contributed by atoms with Gasteiger partial charge in [0.05, 0.1) is 35.0 Å². The molecule has 0 radical (unpaired) electrons. The molecule has 2 heterocycles. The zero-order valence-corrected chi connectivity index (χ0v) is 16.4. The van der Waals surface area contributed by atoms with Crippen LogP contribution in [-0.2, 0) is 6.54 Å². The molecule has 0 atom stereocenters. The summed E-state index contributed by atoms with van der Waals surface area (Å²) < 4.78 is 5.20. The van der Waals surface area contributed by atoms with Crippen LogP contribution in [0, 0.1) is 11.3 Å². The number of nitriles is 1. The molecule has 0 bridgehead atoms. The molecule has 146 valence electrons. The molecule has 0 fully saturated rings. The van der Waals surface area contributed by atoms with E-state index < -0.39 is 0 Å². The molecular weight excluding hydrogens is 390 g/mol. The molecule has 0 spiro atoms. The minimum absolute atomic E-state index is 0.211. The predicted octanol–water partition coefficient (Wildman–Crippen LogP) is 3.54. The Balaban J connectivity index is 1.81. The predicted molar refractivity (Wildman–Crippen MR) is 113 cm³/mol. The van der Waals surface area contributed by atoms with E-state index in [0.717, 1.165) is 5.56 Å². The summed E-state index contributed by atoms with van der Waals surface area (Å²) in [7, 11) is 1.57. The molecule has 7 nitrogen and oxygen atoms in total. The maximum Gasteiger partial charge on any atom is 0.257 e. The number of amides is 1. The lowest BCUT2D eigenvalue weighted by molar-refractivity contribution is 0.0958. The van der Waals surface area contributed by atoms with Crippen LogP contribution in [0.5, 0.6) is 5.75 Å². The number of hydrogen-bond donors (Lipinski definition) is 3. The van der Waals surface area contributed by atoms with Crippen LogP contribution < -0.4 is 20.7 Å². The highest BCUT2D eigenvalue weighted by Crippen LogP contribution is 2.33. The molecule has 1 aromatic heterocycles. The van der Waals surface area contributed by atoms with Gasteiger partial charge in [-0.05, 0) is 35.9 Å². The summed E-state index contributed by atoms with van der Waals surface area (Å²) in [5.41, 5.74) is 3.18. The number of nitrogens with zero attached hydrogens (tertiary/aromatic N) is 2. The first-order valence-corrected chi connectivity index (χ1v) is 9.44. The molecule has 4 rings (SSSR count). The summed E-state index contributed by atoms with van der Waals surface area (Å²) in [6.07, 6.45) is 0. The Bertz CT molecular complexity index is 1160. The van der Waals surface area contributed by atoms with Crippen LogP contribution in [0.2, 0.25) is 5.02 Å². The lowest BCUT2D eigenvalue weighted by Gasteiger charge is -2.17. The average molecular weight is 408 g/mol. The molecule has 3 aromatic rings. The van der Waals surface area contributed by atoms with E-state index in [-0.39, 0.29) is 5.91 Å². The third kappa shape index (κ3) is 3.62. The summed E-state index contributed by atoms with van der Waals surface area (Å²) in [5.74, 6) is 0.908. The molecule has 3 N–H and O–H groups in total. The fourth-order valence-electron chi connectivity index (χ4n) is 3.32. The molecule has 1 aliphatic rings. The Hall–Kier alpha value is -3.50. The third-order valence-corrected chi connectivity index (χ3v) is 5.02. The maximum atomic E-state index is 12.7. The van der Waals surface area contributed by atoms with Crippen molar-refractivity contribution in [2.45, 2.75) is 6.54 Å². The lowest BCUT2D eigenvalue weighted by Crippen LogP contribution is -2.25. The number of carbonyl (C=O) groups excluding carboxylic acids is 1. The van der Waals surface area contributed by atoms with Gasteiger partial charge < -0.3 is 20.7 Å². The number of hydrogen-bond acceptors (Lipinski definition) is 6. The quantitative estimate of drug-likeness (QED) is 0.611. The van der Waals surface area contributed by atoms with Gasteiger partial charge in [0.1, 0.15) is 17.1 Å². The second-order valence-electron chi connectivity index (χ2n) is 6.56. The van der Waals surface area contributed by atoms with Crippen LogP contribution in [0.1, 0.15) is 21.5 Å². The third-order valence-electron chi connectivity index (χ3n) is 4.73. The van der Waals surface area contributed by atoms with E-state index in [2.05, 4.69) is 27.0 Å². The molecule has 0 unspecified atom stereocenters. The number of aromatic nitrogens is 1. The van der Waals surface area contributed by atoms with Crippen molar-refractivity contribution in [3.8, 4) is 11.8 Å². The van der Waals surface area contributed by atoms with E-state index in [1.54, 1.807) is 31.4 Å². The van der Waals surface area contributed by atoms with Gasteiger partial charge in [-0.3, -0.25) is 4.79 Å². The Kier molecular flexibility index (Phi) is 5.10. The summed E-state index contributed by atoms with van der Waals surface area (Å²) in [6.45, 7) is 1.52. The minimum atomic E-state index is -0.211. The first-order valence-electron chi connectivity index (χ1n) is 9.07. The fourth-order valence-corrected chi connectivity index (χ4v) is 3.60. The Morgan fingerprint density at radius 3 is 2.83 bits per heavy atom. The molecule has 0 saturated heterocycles. The average Bonchev–Trinajstić information content (AvgIpc) is 2.92. The van der Waals surface area contributed by atoms with E-state index >= 15 is 0 Å². The summed E-state index contributed by atoms with van der Waals surface area (Å²) in [6, 6.07) is 12.9. The SMILES string of the molecule is COc1ccc(CNc2c3c(nc4ccc(C#N)cc24)NCCNC3=O)cc1Cl. The Morgan fingerprint density at radius 1 is 1.24 bits per heavy atom. The van der Waals surface area contributed by atoms with Gasteiger partial charge in [-0.15, -0.1) is 0 Å². The first-order chi connectivity index (χ1) is 14.1. The zero-order valence-electron chi connectivity index (χ0n) is 15.7. The number of methoxy groups -OCH3 is 1. The summed E-state index contributed by atoms with van der Waals surface area (Å²) in [5, 5.41) is 20.0. The minimum Gasteiger partial charge on any atom is -0.495 e. The summed E-state index contributed by atoms with van der Waals surface area (Å²) >= 11 is 6.23. The molecule has 0 saturated carbocycles. The van der Waals surface area contributed by atoms with Crippen LogP contribution in [0.25, 0.3) is 10.9 Å². The van der Waals surface area contributed by atoms with Gasteiger partial charge in [0.25, 0.3) is 5.91 Å². The number of carbonyl (C=O) groups is 1. The standard InChI is InChI=1S/C21H18ClN5O2/c1-29-17-5-3-13(9-15(17)22)11-26-19-14-8-12(10-23)2-4-16(14)27-20-18(19)21(28)25-7-6-24-20/h2-5,8-9H,6-7,11H2,1H3,(H,25,28)(H2,24,26,27). The second kappa shape index (κ2) is 7.86. The molecular formula is C21H18ClN5O2. The second-order valence-corrected chi connectivity index (χ2v) is 6.97. The van der Waals surface area contributed by atoms with Gasteiger partial charge in [-0.1, -0.05) is 17.7 Å². The number of benzene rings is 2. The van der Waals surface area contributed by atoms with Crippen molar-refractivity contribution in [2.75, 3.05) is 30.8 Å². The lowest BCUT2D eigenvalue weighted by atomic mass is 10.0. The zero-order chi connectivity index (χ0) is 20.4. The number of anilines is 2. The molecule has 1 aliphatic heterocycles. The number of rotatable bonds is 4. The Labute approximate surface area is 172 Å². The first kappa shape index (κ1) is 18.8. The molecule has 2 aromatic carbocycles. The normalized spacial score (nSPS) is 12.9. The van der Waals surface area contributed by atoms with Crippen LogP contribution >= 0.6 is 11.6 Å². The van der Waals surface area contributed by atoms with E-state index in [0.29, 0.717) is 63.9 Å². The van der Waals surface area contributed by atoms with E-state index in [9.17, 15) is 10.1 Å².